The number of nitriles is 1. The lowest BCUT2D eigenvalue weighted by Crippen LogP contribution is -2.28. The van der Waals surface area contributed by atoms with Crippen LogP contribution in [-0.4, -0.2) is 24.5 Å². The van der Waals surface area contributed by atoms with Crippen LogP contribution in [-0.2, 0) is 13.0 Å². The van der Waals surface area contributed by atoms with Gasteiger partial charge in [-0.3, -0.25) is 4.90 Å². The largest absolute Gasteiger partial charge is 0.384 e. The first kappa shape index (κ1) is 11.9. The van der Waals surface area contributed by atoms with Crippen molar-refractivity contribution in [3.05, 3.63) is 29.3 Å². The number of rotatable bonds is 4. The standard InChI is InChI=1S/C14H19N3/c1-11(6-8-15)17(2)10-13-5-3-4-12-7-9-16-14(12)13/h3-5,11,16H,6-7,9-10H2,1-2H3. The van der Waals surface area contributed by atoms with Crippen LogP contribution in [0.4, 0.5) is 5.69 Å². The van der Waals surface area contributed by atoms with Crippen molar-refractivity contribution in [2.24, 2.45) is 0 Å². The quantitative estimate of drug-likeness (QED) is 0.861. The number of para-hydroxylation sites is 1. The molecule has 0 radical (unpaired) electrons. The smallest absolute Gasteiger partial charge is 0.0638 e. The van der Waals surface area contributed by atoms with Gasteiger partial charge in [-0.05, 0) is 31.5 Å². The highest BCUT2D eigenvalue weighted by atomic mass is 15.1. The second-order valence-electron chi connectivity index (χ2n) is 4.75. The molecule has 0 aromatic heterocycles. The normalized spacial score (nSPS) is 15.2. The zero-order valence-electron chi connectivity index (χ0n) is 10.5. The number of hydrogen-bond acceptors (Lipinski definition) is 3. The topological polar surface area (TPSA) is 39.1 Å². The van der Waals surface area contributed by atoms with E-state index in [-0.39, 0.29) is 0 Å². The van der Waals surface area contributed by atoms with Gasteiger partial charge >= 0.3 is 0 Å². The summed E-state index contributed by atoms with van der Waals surface area (Å²) in [5.74, 6) is 0. The van der Waals surface area contributed by atoms with Crippen molar-refractivity contribution in [1.29, 1.82) is 5.26 Å². The molecule has 1 aliphatic heterocycles. The van der Waals surface area contributed by atoms with Gasteiger partial charge in [0.1, 0.15) is 0 Å². The number of benzene rings is 1. The highest BCUT2D eigenvalue weighted by Crippen LogP contribution is 2.27. The molecule has 0 fully saturated rings. The Kier molecular flexibility index (Phi) is 3.65. The zero-order valence-corrected chi connectivity index (χ0v) is 10.5. The maximum absolute atomic E-state index is 8.72. The van der Waals surface area contributed by atoms with Crippen molar-refractivity contribution in [3.63, 3.8) is 0 Å². The van der Waals surface area contributed by atoms with Crippen LogP contribution in [0.1, 0.15) is 24.5 Å². The van der Waals surface area contributed by atoms with E-state index in [1.54, 1.807) is 0 Å². The van der Waals surface area contributed by atoms with Crippen LogP contribution < -0.4 is 5.32 Å². The third-order valence-corrected chi connectivity index (χ3v) is 3.49. The molecule has 90 valence electrons. The molecule has 0 bridgehead atoms. The summed E-state index contributed by atoms with van der Waals surface area (Å²) in [4.78, 5) is 2.23. The average molecular weight is 229 g/mol. The maximum Gasteiger partial charge on any atom is 0.0638 e. The first-order chi connectivity index (χ1) is 8.22. The van der Waals surface area contributed by atoms with Crippen LogP contribution in [0.25, 0.3) is 0 Å². The minimum atomic E-state index is 0.303. The molecular formula is C14H19N3. The Hall–Kier alpha value is -1.53. The van der Waals surface area contributed by atoms with E-state index in [0.29, 0.717) is 12.5 Å². The van der Waals surface area contributed by atoms with Crippen molar-refractivity contribution in [2.75, 3.05) is 18.9 Å². The lowest BCUT2D eigenvalue weighted by molar-refractivity contribution is 0.253. The zero-order chi connectivity index (χ0) is 12.3. The predicted octanol–water partition coefficient (Wildman–Crippen LogP) is 2.39. The molecular weight excluding hydrogens is 210 g/mol. The monoisotopic (exact) mass is 229 g/mol. The molecule has 1 aromatic rings. The van der Waals surface area contributed by atoms with E-state index in [0.717, 1.165) is 19.5 Å². The summed E-state index contributed by atoms with van der Waals surface area (Å²) in [5, 5.41) is 12.2. The van der Waals surface area contributed by atoms with Gasteiger partial charge in [-0.2, -0.15) is 5.26 Å². The van der Waals surface area contributed by atoms with Crippen LogP contribution in [0.5, 0.6) is 0 Å². The summed E-state index contributed by atoms with van der Waals surface area (Å²) in [6.07, 6.45) is 1.71. The van der Waals surface area contributed by atoms with Crippen molar-refractivity contribution >= 4 is 5.69 Å². The van der Waals surface area contributed by atoms with E-state index in [2.05, 4.69) is 48.5 Å². The molecule has 0 saturated carbocycles. The Bertz CT molecular complexity index is 434. The van der Waals surface area contributed by atoms with Gasteiger partial charge in [0.05, 0.1) is 12.5 Å². The summed E-state index contributed by atoms with van der Waals surface area (Å²) in [6, 6.07) is 9.03. The van der Waals surface area contributed by atoms with Gasteiger partial charge in [-0.15, -0.1) is 0 Å². The number of anilines is 1. The van der Waals surface area contributed by atoms with Crippen LogP contribution in [0.15, 0.2) is 18.2 Å². The third kappa shape index (κ3) is 2.59. The van der Waals surface area contributed by atoms with Gasteiger partial charge < -0.3 is 5.32 Å². The molecule has 1 atom stereocenters. The maximum atomic E-state index is 8.72. The average Bonchev–Trinajstić information content (AvgIpc) is 2.78. The van der Waals surface area contributed by atoms with Crippen LogP contribution >= 0.6 is 0 Å². The second kappa shape index (κ2) is 5.20. The van der Waals surface area contributed by atoms with Gasteiger partial charge in [0.15, 0.2) is 0 Å². The van der Waals surface area contributed by atoms with E-state index < -0.39 is 0 Å². The van der Waals surface area contributed by atoms with E-state index in [1.807, 2.05) is 0 Å². The van der Waals surface area contributed by atoms with Gasteiger partial charge in [0, 0.05) is 24.8 Å². The number of nitrogens with one attached hydrogen (secondary N) is 1. The molecule has 3 heteroatoms. The lowest BCUT2D eigenvalue weighted by Gasteiger charge is -2.23. The lowest BCUT2D eigenvalue weighted by atomic mass is 10.1. The molecule has 1 unspecified atom stereocenters. The van der Waals surface area contributed by atoms with Crippen LogP contribution in [0, 0.1) is 11.3 Å². The third-order valence-electron chi connectivity index (χ3n) is 3.49. The Balaban J connectivity index is 2.09. The first-order valence-corrected chi connectivity index (χ1v) is 6.14. The molecule has 2 rings (SSSR count). The van der Waals surface area contributed by atoms with Crippen molar-refractivity contribution < 1.29 is 0 Å². The molecule has 0 saturated heterocycles. The molecule has 1 aliphatic rings. The van der Waals surface area contributed by atoms with Gasteiger partial charge in [0.2, 0.25) is 0 Å². The molecule has 1 heterocycles. The van der Waals surface area contributed by atoms with E-state index in [9.17, 15) is 0 Å². The molecule has 1 N–H and O–H groups in total. The summed E-state index contributed by atoms with van der Waals surface area (Å²) < 4.78 is 0. The highest BCUT2D eigenvalue weighted by molar-refractivity contribution is 5.61. The molecule has 17 heavy (non-hydrogen) atoms. The summed E-state index contributed by atoms with van der Waals surface area (Å²) in [6.45, 7) is 4.04. The SMILES string of the molecule is CC(CC#N)N(C)Cc1cccc2c1NCC2. The van der Waals surface area contributed by atoms with Gasteiger partial charge in [-0.1, -0.05) is 18.2 Å². The molecule has 3 nitrogen and oxygen atoms in total. The van der Waals surface area contributed by atoms with E-state index >= 15 is 0 Å². The number of nitrogens with zero attached hydrogens (tertiary/aromatic N) is 2. The number of hydrogen-bond donors (Lipinski definition) is 1. The molecule has 1 aromatic carbocycles. The fourth-order valence-corrected chi connectivity index (χ4v) is 2.26. The van der Waals surface area contributed by atoms with Crippen LogP contribution in [0.2, 0.25) is 0 Å². The first-order valence-electron chi connectivity index (χ1n) is 6.14. The Morgan fingerprint density at radius 1 is 1.53 bits per heavy atom. The molecule has 0 spiro atoms. The van der Waals surface area contributed by atoms with Crippen molar-refractivity contribution in [1.82, 2.24) is 4.90 Å². The minimum Gasteiger partial charge on any atom is -0.384 e. The minimum absolute atomic E-state index is 0.303. The molecule has 0 aliphatic carbocycles. The van der Waals surface area contributed by atoms with Gasteiger partial charge in [-0.25, -0.2) is 0 Å². The van der Waals surface area contributed by atoms with Crippen molar-refractivity contribution in [3.8, 4) is 6.07 Å². The predicted molar refractivity (Wildman–Crippen MR) is 69.8 cm³/mol. The van der Waals surface area contributed by atoms with E-state index in [1.165, 1.54) is 16.8 Å². The summed E-state index contributed by atoms with van der Waals surface area (Å²) in [5.41, 5.74) is 4.07. The fraction of sp³-hybridized carbons (Fsp3) is 0.500. The second-order valence-corrected chi connectivity index (χ2v) is 4.75. The Morgan fingerprint density at radius 3 is 3.12 bits per heavy atom. The van der Waals surface area contributed by atoms with Gasteiger partial charge in [0.25, 0.3) is 0 Å². The number of fused-ring (bicyclic) bond motifs is 1. The Morgan fingerprint density at radius 2 is 2.35 bits per heavy atom. The van der Waals surface area contributed by atoms with Crippen LogP contribution in [0.3, 0.4) is 0 Å². The highest BCUT2D eigenvalue weighted by Gasteiger charge is 2.16. The molecule has 0 amide bonds. The fourth-order valence-electron chi connectivity index (χ4n) is 2.26. The summed E-state index contributed by atoms with van der Waals surface area (Å²) >= 11 is 0. The van der Waals surface area contributed by atoms with E-state index in [4.69, 9.17) is 5.26 Å². The van der Waals surface area contributed by atoms with Crippen molar-refractivity contribution in [2.45, 2.75) is 32.4 Å². The Labute approximate surface area is 103 Å². The summed E-state index contributed by atoms with van der Waals surface area (Å²) in [7, 11) is 2.08.